The van der Waals surface area contributed by atoms with Crippen LogP contribution >= 0.6 is 11.3 Å². The van der Waals surface area contributed by atoms with Gasteiger partial charge in [-0.25, -0.2) is 0 Å². The Hall–Kier alpha value is -0.380. The van der Waals surface area contributed by atoms with Gasteiger partial charge >= 0.3 is 0 Å². The van der Waals surface area contributed by atoms with Crippen molar-refractivity contribution in [2.45, 2.75) is 31.3 Å². The fourth-order valence-electron chi connectivity index (χ4n) is 1.28. The van der Waals surface area contributed by atoms with Crippen LogP contribution in [0.25, 0.3) is 0 Å². The maximum atomic E-state index is 6.05. The predicted octanol–water partition coefficient (Wildman–Crippen LogP) is 1.72. The minimum Gasteiger partial charge on any atom is -0.324 e. The highest BCUT2D eigenvalue weighted by molar-refractivity contribution is 7.10. The molecule has 4 N–H and O–H groups in total. The van der Waals surface area contributed by atoms with E-state index in [2.05, 4.69) is 11.4 Å². The van der Waals surface area contributed by atoms with Crippen molar-refractivity contribution in [1.29, 1.82) is 0 Å². The molecule has 1 atom stereocenters. The van der Waals surface area contributed by atoms with Crippen LogP contribution in [0.1, 0.15) is 36.2 Å². The van der Waals surface area contributed by atoms with Crippen LogP contribution in [0.4, 0.5) is 0 Å². The van der Waals surface area contributed by atoms with Crippen molar-refractivity contribution < 1.29 is 0 Å². The third-order valence-electron chi connectivity index (χ3n) is 2.43. The van der Waals surface area contributed by atoms with Gasteiger partial charge in [-0.3, -0.25) is 0 Å². The Labute approximate surface area is 76.6 Å². The van der Waals surface area contributed by atoms with Gasteiger partial charge in [0.2, 0.25) is 0 Å². The van der Waals surface area contributed by atoms with E-state index in [0.717, 1.165) is 12.8 Å². The van der Waals surface area contributed by atoms with Crippen LogP contribution in [0.15, 0.2) is 11.4 Å². The molecular weight excluding hydrogens is 168 g/mol. The third-order valence-corrected chi connectivity index (χ3v) is 3.57. The second kappa shape index (κ2) is 2.55. The van der Waals surface area contributed by atoms with Crippen molar-refractivity contribution in [3.63, 3.8) is 0 Å². The van der Waals surface area contributed by atoms with E-state index in [4.69, 9.17) is 11.5 Å². The van der Waals surface area contributed by atoms with E-state index in [-0.39, 0.29) is 11.6 Å². The molecule has 2 rings (SSSR count). The number of nitrogens with two attached hydrogens (primary N) is 2. The highest BCUT2D eigenvalue weighted by Crippen LogP contribution is 2.44. The SMILES string of the molecule is C[C@@H](N)c1cc(C2(N)CC2)cs1. The third kappa shape index (κ3) is 1.28. The Bertz CT molecular complexity index is 286. The molecule has 12 heavy (non-hydrogen) atoms. The van der Waals surface area contributed by atoms with Gasteiger partial charge in [0, 0.05) is 16.5 Å². The normalized spacial score (nSPS) is 22.2. The van der Waals surface area contributed by atoms with E-state index in [1.807, 2.05) is 6.92 Å². The summed E-state index contributed by atoms with van der Waals surface area (Å²) >= 11 is 1.72. The van der Waals surface area contributed by atoms with Crippen molar-refractivity contribution in [2.75, 3.05) is 0 Å². The highest BCUT2D eigenvalue weighted by atomic mass is 32.1. The first kappa shape index (κ1) is 8.23. The zero-order valence-corrected chi connectivity index (χ0v) is 8.03. The summed E-state index contributed by atoms with van der Waals surface area (Å²) in [6.07, 6.45) is 2.25. The molecule has 0 aliphatic heterocycles. The lowest BCUT2D eigenvalue weighted by atomic mass is 10.1. The maximum absolute atomic E-state index is 6.05. The second-order valence-electron chi connectivity index (χ2n) is 3.68. The zero-order valence-electron chi connectivity index (χ0n) is 7.21. The fourth-order valence-corrected chi connectivity index (χ4v) is 2.25. The van der Waals surface area contributed by atoms with E-state index in [9.17, 15) is 0 Å². The van der Waals surface area contributed by atoms with Crippen molar-refractivity contribution in [3.05, 3.63) is 21.9 Å². The van der Waals surface area contributed by atoms with Crippen LogP contribution in [0.2, 0.25) is 0 Å². The molecule has 0 unspecified atom stereocenters. The standard InChI is InChI=1S/C9H14N2S/c1-6(10)8-4-7(5-12-8)9(11)2-3-9/h4-6H,2-3,10-11H2,1H3/t6-/m1/s1. The minimum atomic E-state index is 0.00361. The summed E-state index contributed by atoms with van der Waals surface area (Å²) in [6.45, 7) is 2.01. The molecule has 0 amide bonds. The number of hydrogen-bond donors (Lipinski definition) is 2. The molecule has 0 spiro atoms. The molecule has 1 fully saturated rings. The average molecular weight is 182 g/mol. The van der Waals surface area contributed by atoms with Crippen molar-refractivity contribution in [1.82, 2.24) is 0 Å². The smallest absolute Gasteiger partial charge is 0.0419 e. The molecule has 1 saturated carbocycles. The van der Waals surface area contributed by atoms with Crippen molar-refractivity contribution in [3.8, 4) is 0 Å². The van der Waals surface area contributed by atoms with Crippen LogP contribution in [0.5, 0.6) is 0 Å². The Balaban J connectivity index is 2.25. The molecule has 2 nitrogen and oxygen atoms in total. The van der Waals surface area contributed by atoms with Gasteiger partial charge in [0.25, 0.3) is 0 Å². The number of rotatable bonds is 2. The largest absolute Gasteiger partial charge is 0.324 e. The molecule has 66 valence electrons. The van der Waals surface area contributed by atoms with Crippen molar-refractivity contribution in [2.24, 2.45) is 11.5 Å². The molecule has 1 aliphatic carbocycles. The lowest BCUT2D eigenvalue weighted by Crippen LogP contribution is -2.17. The van der Waals surface area contributed by atoms with Gasteiger partial charge in [-0.05, 0) is 36.8 Å². The van der Waals surface area contributed by atoms with Crippen LogP contribution < -0.4 is 11.5 Å². The first-order valence-corrected chi connectivity index (χ1v) is 5.13. The van der Waals surface area contributed by atoms with Gasteiger partial charge in [0.15, 0.2) is 0 Å². The van der Waals surface area contributed by atoms with Crippen LogP contribution in [-0.2, 0) is 5.54 Å². The van der Waals surface area contributed by atoms with Crippen LogP contribution in [0.3, 0.4) is 0 Å². The number of thiophene rings is 1. The van der Waals surface area contributed by atoms with E-state index in [1.165, 1.54) is 10.4 Å². The zero-order chi connectivity index (χ0) is 8.77. The summed E-state index contributed by atoms with van der Waals surface area (Å²) in [6, 6.07) is 2.30. The first-order chi connectivity index (χ1) is 5.62. The van der Waals surface area contributed by atoms with E-state index < -0.39 is 0 Å². The Morgan fingerprint density at radius 2 is 2.25 bits per heavy atom. The van der Waals surface area contributed by atoms with Crippen LogP contribution in [0, 0.1) is 0 Å². The molecule has 1 aromatic heterocycles. The van der Waals surface area contributed by atoms with E-state index in [0.29, 0.717) is 0 Å². The summed E-state index contributed by atoms with van der Waals surface area (Å²) in [4.78, 5) is 1.24. The average Bonchev–Trinajstić information content (AvgIpc) is 2.61. The maximum Gasteiger partial charge on any atom is 0.0419 e. The minimum absolute atomic E-state index is 0.00361. The second-order valence-corrected chi connectivity index (χ2v) is 4.63. The predicted molar refractivity (Wildman–Crippen MR) is 52.0 cm³/mol. The van der Waals surface area contributed by atoms with E-state index in [1.54, 1.807) is 11.3 Å². The quantitative estimate of drug-likeness (QED) is 0.731. The molecule has 0 radical (unpaired) electrons. The van der Waals surface area contributed by atoms with Gasteiger partial charge in [-0.2, -0.15) is 0 Å². The lowest BCUT2D eigenvalue weighted by Gasteiger charge is -2.04. The Morgan fingerprint density at radius 3 is 2.67 bits per heavy atom. The monoisotopic (exact) mass is 182 g/mol. The summed E-state index contributed by atoms with van der Waals surface area (Å²) < 4.78 is 0. The highest BCUT2D eigenvalue weighted by Gasteiger charge is 2.40. The molecule has 0 saturated heterocycles. The first-order valence-electron chi connectivity index (χ1n) is 4.25. The molecule has 3 heteroatoms. The topological polar surface area (TPSA) is 52.0 Å². The van der Waals surface area contributed by atoms with Gasteiger partial charge in [-0.1, -0.05) is 0 Å². The van der Waals surface area contributed by atoms with E-state index >= 15 is 0 Å². The molecule has 0 bridgehead atoms. The van der Waals surface area contributed by atoms with Gasteiger partial charge in [0.05, 0.1) is 0 Å². The fraction of sp³-hybridized carbons (Fsp3) is 0.556. The van der Waals surface area contributed by atoms with Gasteiger partial charge < -0.3 is 11.5 Å². The summed E-state index contributed by atoms with van der Waals surface area (Å²) in [7, 11) is 0. The number of hydrogen-bond acceptors (Lipinski definition) is 3. The summed E-state index contributed by atoms with van der Waals surface area (Å²) in [5.74, 6) is 0. The molecule has 1 aliphatic rings. The van der Waals surface area contributed by atoms with Crippen LogP contribution in [-0.4, -0.2) is 0 Å². The van der Waals surface area contributed by atoms with Gasteiger partial charge in [0.1, 0.15) is 0 Å². The summed E-state index contributed by atoms with van der Waals surface area (Å²) in [5, 5.41) is 2.14. The molecule has 1 heterocycles. The Kier molecular flexibility index (Phi) is 1.75. The molecule has 0 aromatic carbocycles. The molecule has 1 aromatic rings. The summed E-state index contributed by atoms with van der Waals surface area (Å²) in [5.41, 5.74) is 13.1. The van der Waals surface area contributed by atoms with Gasteiger partial charge in [-0.15, -0.1) is 11.3 Å². The van der Waals surface area contributed by atoms with Crippen molar-refractivity contribution >= 4 is 11.3 Å². The Morgan fingerprint density at radius 1 is 1.58 bits per heavy atom. The lowest BCUT2D eigenvalue weighted by molar-refractivity contribution is 0.740. The molecular formula is C9H14N2S.